The van der Waals surface area contributed by atoms with Crippen LogP contribution in [-0.2, 0) is 14.6 Å². The number of rotatable bonds is 0. The van der Waals surface area contributed by atoms with E-state index >= 15 is 0 Å². The zero-order valence-electron chi connectivity index (χ0n) is 9.43. The van der Waals surface area contributed by atoms with Crippen LogP contribution in [0, 0.1) is 0 Å². The maximum Gasteiger partial charge on any atom is 0.161 e. The van der Waals surface area contributed by atoms with Gasteiger partial charge in [-0.25, -0.2) is 8.42 Å². The fourth-order valence-electron chi connectivity index (χ4n) is 2.72. The Bertz CT molecular complexity index is 341. The number of ether oxygens (including phenoxy) is 1. The Hall–Kier alpha value is -0.130. The summed E-state index contributed by atoms with van der Waals surface area (Å²) in [5, 5.41) is 2.67. The van der Waals surface area contributed by atoms with Gasteiger partial charge in [-0.3, -0.25) is 0 Å². The molecule has 88 valence electrons. The van der Waals surface area contributed by atoms with Crippen molar-refractivity contribution in [3.05, 3.63) is 0 Å². The third-order valence-corrected chi connectivity index (χ3v) is 6.26. The molecule has 2 fully saturated rings. The lowest BCUT2D eigenvalue weighted by Gasteiger charge is -2.44. The largest absolute Gasteiger partial charge is 0.374 e. The van der Waals surface area contributed by atoms with Crippen molar-refractivity contribution in [2.24, 2.45) is 0 Å². The van der Waals surface area contributed by atoms with Gasteiger partial charge in [-0.2, -0.15) is 0 Å². The Kier molecular flexibility index (Phi) is 2.81. The van der Waals surface area contributed by atoms with Crippen molar-refractivity contribution in [3.63, 3.8) is 0 Å². The van der Waals surface area contributed by atoms with E-state index < -0.39 is 9.84 Å². The Morgan fingerprint density at radius 2 is 1.93 bits per heavy atom. The number of sulfone groups is 1. The molecule has 2 aliphatic rings. The molecule has 0 amide bonds. The van der Waals surface area contributed by atoms with Crippen molar-refractivity contribution in [1.29, 1.82) is 0 Å². The summed E-state index contributed by atoms with van der Waals surface area (Å²) in [5.41, 5.74) is 0. The van der Waals surface area contributed by atoms with Crippen molar-refractivity contribution in [3.8, 4) is 0 Å². The van der Waals surface area contributed by atoms with E-state index in [0.29, 0.717) is 6.54 Å². The van der Waals surface area contributed by atoms with Gasteiger partial charge in [0.25, 0.3) is 0 Å². The van der Waals surface area contributed by atoms with Crippen LogP contribution >= 0.6 is 0 Å². The Balaban J connectivity index is 2.30. The highest BCUT2D eigenvalue weighted by molar-refractivity contribution is 7.92. The van der Waals surface area contributed by atoms with E-state index in [-0.39, 0.29) is 28.7 Å². The summed E-state index contributed by atoms with van der Waals surface area (Å²) in [4.78, 5) is 0. The van der Waals surface area contributed by atoms with Crippen molar-refractivity contribution in [1.82, 2.24) is 5.32 Å². The number of hydrogen-bond donors (Lipinski definition) is 1. The van der Waals surface area contributed by atoms with Gasteiger partial charge >= 0.3 is 0 Å². The van der Waals surface area contributed by atoms with Crippen molar-refractivity contribution in [2.75, 3.05) is 6.54 Å². The van der Waals surface area contributed by atoms with Crippen LogP contribution in [0.5, 0.6) is 0 Å². The first-order valence-electron chi connectivity index (χ1n) is 5.54. The summed E-state index contributed by atoms with van der Waals surface area (Å²) >= 11 is 0. The molecule has 0 aliphatic carbocycles. The molecule has 0 aromatic heterocycles. The SMILES string of the molecule is CC1CC2NCC(C)S(=O)(=O)C2C(C)O1. The highest BCUT2D eigenvalue weighted by atomic mass is 32.2. The Morgan fingerprint density at radius 1 is 1.27 bits per heavy atom. The second kappa shape index (κ2) is 3.71. The molecule has 0 radical (unpaired) electrons. The normalized spacial score (nSPS) is 49.7. The highest BCUT2D eigenvalue weighted by Gasteiger charge is 2.48. The molecular weight excluding hydrogens is 214 g/mol. The van der Waals surface area contributed by atoms with Crippen LogP contribution in [0.25, 0.3) is 0 Å². The van der Waals surface area contributed by atoms with Gasteiger partial charge in [0.2, 0.25) is 0 Å². The van der Waals surface area contributed by atoms with E-state index in [1.54, 1.807) is 6.92 Å². The van der Waals surface area contributed by atoms with Crippen molar-refractivity contribution in [2.45, 2.75) is 55.9 Å². The van der Waals surface area contributed by atoms with Crippen LogP contribution in [0.1, 0.15) is 27.2 Å². The third kappa shape index (κ3) is 1.81. The molecule has 5 heteroatoms. The summed E-state index contributed by atoms with van der Waals surface area (Å²) in [6.45, 7) is 6.20. The van der Waals surface area contributed by atoms with Gasteiger partial charge < -0.3 is 10.1 Å². The smallest absolute Gasteiger partial charge is 0.161 e. The molecule has 0 bridgehead atoms. The van der Waals surface area contributed by atoms with Crippen LogP contribution in [0.3, 0.4) is 0 Å². The summed E-state index contributed by atoms with van der Waals surface area (Å²) in [7, 11) is -3.02. The first-order chi connectivity index (χ1) is 6.93. The van der Waals surface area contributed by atoms with Gasteiger partial charge in [0.15, 0.2) is 9.84 Å². The molecule has 2 heterocycles. The van der Waals surface area contributed by atoms with E-state index in [0.717, 1.165) is 6.42 Å². The maximum atomic E-state index is 12.1. The molecular formula is C10H19NO3S. The molecule has 1 N–H and O–H groups in total. The average molecular weight is 233 g/mol. The van der Waals surface area contributed by atoms with Gasteiger partial charge in [-0.05, 0) is 27.2 Å². The maximum absolute atomic E-state index is 12.1. The van der Waals surface area contributed by atoms with E-state index in [1.807, 2.05) is 13.8 Å². The molecule has 15 heavy (non-hydrogen) atoms. The molecule has 0 saturated carbocycles. The van der Waals surface area contributed by atoms with E-state index in [2.05, 4.69) is 5.32 Å². The summed E-state index contributed by atoms with van der Waals surface area (Å²) in [5.74, 6) is 0. The zero-order valence-corrected chi connectivity index (χ0v) is 10.3. The molecule has 2 rings (SSSR count). The first-order valence-corrected chi connectivity index (χ1v) is 7.15. The van der Waals surface area contributed by atoms with Crippen LogP contribution in [0.15, 0.2) is 0 Å². The Labute approximate surface area is 91.3 Å². The van der Waals surface area contributed by atoms with Crippen LogP contribution in [-0.4, -0.2) is 43.7 Å². The van der Waals surface area contributed by atoms with Crippen LogP contribution in [0.4, 0.5) is 0 Å². The predicted molar refractivity (Wildman–Crippen MR) is 58.6 cm³/mol. The lowest BCUT2D eigenvalue weighted by Crippen LogP contribution is -2.63. The third-order valence-electron chi connectivity index (χ3n) is 3.50. The number of nitrogens with one attached hydrogen (secondary N) is 1. The molecule has 0 aromatic carbocycles. The molecule has 0 spiro atoms. The summed E-state index contributed by atoms with van der Waals surface area (Å²) in [6.07, 6.45) is 0.748. The minimum absolute atomic E-state index is 0.0740. The topological polar surface area (TPSA) is 55.4 Å². The molecule has 4 nitrogen and oxygen atoms in total. The molecule has 0 aromatic rings. The Morgan fingerprint density at radius 3 is 2.60 bits per heavy atom. The van der Waals surface area contributed by atoms with Gasteiger partial charge in [0.1, 0.15) is 5.25 Å². The fraction of sp³-hybridized carbons (Fsp3) is 1.00. The second-order valence-corrected chi connectivity index (χ2v) is 7.29. The summed E-state index contributed by atoms with van der Waals surface area (Å²) < 4.78 is 29.9. The number of fused-ring (bicyclic) bond motifs is 1. The van der Waals surface area contributed by atoms with Crippen molar-refractivity contribution < 1.29 is 13.2 Å². The molecule has 2 saturated heterocycles. The van der Waals surface area contributed by atoms with Gasteiger partial charge in [-0.1, -0.05) is 0 Å². The highest BCUT2D eigenvalue weighted by Crippen LogP contribution is 2.30. The summed E-state index contributed by atoms with van der Waals surface area (Å²) in [6, 6.07) is 0.0740. The molecule has 5 atom stereocenters. The second-order valence-electron chi connectivity index (χ2n) is 4.77. The van der Waals surface area contributed by atoms with Crippen LogP contribution in [0.2, 0.25) is 0 Å². The van der Waals surface area contributed by atoms with Gasteiger partial charge in [-0.15, -0.1) is 0 Å². The predicted octanol–water partition coefficient (Wildman–Crippen LogP) is 0.327. The van der Waals surface area contributed by atoms with E-state index in [1.165, 1.54) is 0 Å². The minimum Gasteiger partial charge on any atom is -0.374 e. The lowest BCUT2D eigenvalue weighted by atomic mass is 9.99. The number of hydrogen-bond acceptors (Lipinski definition) is 4. The minimum atomic E-state index is -3.02. The van der Waals surface area contributed by atoms with Gasteiger partial charge in [0.05, 0.1) is 17.5 Å². The monoisotopic (exact) mass is 233 g/mol. The average Bonchev–Trinajstić information content (AvgIpc) is 2.10. The lowest BCUT2D eigenvalue weighted by molar-refractivity contribution is -0.0407. The van der Waals surface area contributed by atoms with Crippen LogP contribution < -0.4 is 5.32 Å². The van der Waals surface area contributed by atoms with Crippen molar-refractivity contribution >= 4 is 9.84 Å². The quantitative estimate of drug-likeness (QED) is 0.655. The standard InChI is InChI=1S/C10H19NO3S/c1-6-4-9-10(8(3)14-6)15(12,13)7(2)5-11-9/h6-11H,4-5H2,1-3H3. The first kappa shape index (κ1) is 11.4. The molecule has 2 aliphatic heterocycles. The fourth-order valence-corrected chi connectivity index (χ4v) is 4.84. The zero-order chi connectivity index (χ0) is 11.2. The molecule has 5 unspecified atom stereocenters. The van der Waals surface area contributed by atoms with E-state index in [9.17, 15) is 8.42 Å². The van der Waals surface area contributed by atoms with Gasteiger partial charge in [0, 0.05) is 12.6 Å². The van der Waals surface area contributed by atoms with E-state index in [4.69, 9.17) is 4.74 Å².